The van der Waals surface area contributed by atoms with Crippen LogP contribution in [0.4, 0.5) is 0 Å². The second-order valence-corrected chi connectivity index (χ2v) is 15.5. The number of fused-ring (bicyclic) bond motifs is 4. The maximum absolute atomic E-state index is 13.8. The van der Waals surface area contributed by atoms with Crippen LogP contribution in [0.2, 0.25) is 0 Å². The molecule has 4 N–H and O–H groups in total. The number of esters is 3. The van der Waals surface area contributed by atoms with Gasteiger partial charge in [0.1, 0.15) is 54.4 Å². The minimum Gasteiger partial charge on any atom is -0.458 e. The van der Waals surface area contributed by atoms with Crippen molar-refractivity contribution < 1.29 is 68.0 Å². The summed E-state index contributed by atoms with van der Waals surface area (Å²) in [4.78, 5) is 39.5. The molecule has 14 heteroatoms. The maximum Gasteiger partial charge on any atom is 0.334 e. The molecule has 2 spiro atoms. The molecule has 5 aliphatic heterocycles. The highest BCUT2D eigenvalue weighted by Crippen LogP contribution is 2.83. The molecular weight excluding hydrogens is 608 g/mol. The predicted molar refractivity (Wildman–Crippen MR) is 149 cm³/mol. The molecule has 254 valence electrons. The lowest BCUT2D eigenvalue weighted by atomic mass is 9.46. The van der Waals surface area contributed by atoms with Crippen molar-refractivity contribution in [3.8, 4) is 0 Å². The number of carbonyl (C=O) groups is 3. The van der Waals surface area contributed by atoms with E-state index in [1.807, 2.05) is 13.8 Å². The van der Waals surface area contributed by atoms with Crippen LogP contribution in [0.15, 0.2) is 11.1 Å². The Morgan fingerprint density at radius 3 is 2.48 bits per heavy atom. The minimum absolute atomic E-state index is 0.0195. The molecule has 0 bridgehead atoms. The number of epoxide rings is 3. The maximum atomic E-state index is 13.8. The summed E-state index contributed by atoms with van der Waals surface area (Å²) in [6, 6.07) is 0. The van der Waals surface area contributed by atoms with Crippen molar-refractivity contribution in [2.45, 2.75) is 132 Å². The highest BCUT2D eigenvalue weighted by molar-refractivity contribution is 5.92. The average Bonchev–Trinajstić information content (AvgIpc) is 3.91. The first-order valence-corrected chi connectivity index (χ1v) is 16.2. The lowest BCUT2D eigenvalue weighted by molar-refractivity contribution is -0.295. The van der Waals surface area contributed by atoms with Crippen molar-refractivity contribution >= 4 is 17.9 Å². The van der Waals surface area contributed by atoms with Gasteiger partial charge in [0, 0.05) is 11.0 Å². The summed E-state index contributed by atoms with van der Waals surface area (Å²) in [6.07, 6.45) is -8.18. The Morgan fingerprint density at radius 1 is 1.04 bits per heavy atom. The third-order valence-electron chi connectivity index (χ3n) is 12.5. The van der Waals surface area contributed by atoms with Gasteiger partial charge >= 0.3 is 17.9 Å². The number of aliphatic hydroxyl groups excluding tert-OH is 4. The number of hydrogen-bond acceptors (Lipinski definition) is 14. The van der Waals surface area contributed by atoms with E-state index in [1.165, 1.54) is 13.8 Å². The second-order valence-electron chi connectivity index (χ2n) is 15.5. The van der Waals surface area contributed by atoms with Crippen molar-refractivity contribution in [1.29, 1.82) is 0 Å². The molecule has 0 aromatic carbocycles. The summed E-state index contributed by atoms with van der Waals surface area (Å²) in [7, 11) is 0. The fourth-order valence-corrected chi connectivity index (χ4v) is 9.88. The van der Waals surface area contributed by atoms with Crippen LogP contribution < -0.4 is 0 Å². The van der Waals surface area contributed by atoms with E-state index < -0.39 is 89.4 Å². The highest BCUT2D eigenvalue weighted by atomic mass is 16.8. The van der Waals surface area contributed by atoms with Crippen molar-refractivity contribution in [2.24, 2.45) is 22.7 Å². The molecule has 0 amide bonds. The van der Waals surface area contributed by atoms with Gasteiger partial charge in [-0.2, -0.15) is 0 Å². The smallest absolute Gasteiger partial charge is 0.334 e. The van der Waals surface area contributed by atoms with E-state index in [9.17, 15) is 34.8 Å². The molecule has 0 aromatic rings. The van der Waals surface area contributed by atoms with E-state index in [1.54, 1.807) is 0 Å². The molecular formula is C32H42O14. The van der Waals surface area contributed by atoms with Gasteiger partial charge in [-0.05, 0) is 50.5 Å². The zero-order valence-electron chi connectivity index (χ0n) is 26.5. The number of rotatable bonds is 7. The molecule has 0 radical (unpaired) electrons. The lowest BCUT2D eigenvalue weighted by Crippen LogP contribution is -2.70. The van der Waals surface area contributed by atoms with Crippen LogP contribution in [0.1, 0.15) is 60.3 Å². The Bertz CT molecular complexity index is 1420. The Morgan fingerprint density at radius 2 is 1.78 bits per heavy atom. The zero-order chi connectivity index (χ0) is 32.9. The number of cyclic esters (lactones) is 1. The van der Waals surface area contributed by atoms with Crippen LogP contribution in [-0.4, -0.2) is 123 Å². The van der Waals surface area contributed by atoms with Crippen molar-refractivity contribution in [1.82, 2.24) is 0 Å². The number of ether oxygens (including phenoxy) is 7. The summed E-state index contributed by atoms with van der Waals surface area (Å²) in [5, 5.41) is 39.9. The Labute approximate surface area is 265 Å². The van der Waals surface area contributed by atoms with Crippen LogP contribution in [0.3, 0.4) is 0 Å². The lowest BCUT2D eigenvalue weighted by Gasteiger charge is -2.53. The molecule has 3 unspecified atom stereocenters. The first-order valence-electron chi connectivity index (χ1n) is 16.2. The molecule has 46 heavy (non-hydrogen) atoms. The van der Waals surface area contributed by atoms with Crippen LogP contribution in [0.25, 0.3) is 0 Å². The fourth-order valence-electron chi connectivity index (χ4n) is 9.88. The molecule has 0 aromatic heterocycles. The van der Waals surface area contributed by atoms with Crippen LogP contribution in [0.5, 0.6) is 0 Å². The van der Waals surface area contributed by atoms with Gasteiger partial charge < -0.3 is 53.6 Å². The Kier molecular flexibility index (Phi) is 6.43. The number of hydrogen-bond donors (Lipinski definition) is 4. The molecule has 8 aliphatic rings. The van der Waals surface area contributed by atoms with Gasteiger partial charge in [0.2, 0.25) is 6.29 Å². The van der Waals surface area contributed by atoms with Crippen molar-refractivity contribution in [3.05, 3.63) is 11.1 Å². The van der Waals surface area contributed by atoms with Gasteiger partial charge in [-0.25, -0.2) is 4.79 Å². The van der Waals surface area contributed by atoms with E-state index in [0.29, 0.717) is 19.3 Å². The normalized spacial score (nSPS) is 51.0. The fraction of sp³-hybridized carbons (Fsp3) is 0.844. The number of carbonyl (C=O) groups excluding carboxylic acids is 3. The molecule has 2 saturated carbocycles. The van der Waals surface area contributed by atoms with Gasteiger partial charge in [0.15, 0.2) is 11.7 Å². The second kappa shape index (κ2) is 9.50. The zero-order valence-corrected chi connectivity index (χ0v) is 26.5. The molecule has 3 aliphatic carbocycles. The highest BCUT2D eigenvalue weighted by Gasteiger charge is 3.01. The SMILES string of the molecule is CC(C)[C@]12O[C@H]1[C@@H]1O[C@]13[C@]1(O[C@H]1C[C@H]1C4=C(CC[C@@]13C)C(=O)OC4)[C@@H]2OC(=O)CC(C)(C)C(=O)O[C@H]1OC(CO)[C@@H](O)C(O)C1O. The van der Waals surface area contributed by atoms with E-state index >= 15 is 0 Å². The van der Waals surface area contributed by atoms with Crippen LogP contribution in [0, 0.1) is 22.7 Å². The molecule has 4 saturated heterocycles. The van der Waals surface area contributed by atoms with Crippen molar-refractivity contribution in [3.63, 3.8) is 0 Å². The van der Waals surface area contributed by atoms with Crippen molar-refractivity contribution in [2.75, 3.05) is 13.2 Å². The van der Waals surface area contributed by atoms with E-state index in [2.05, 4.69) is 6.92 Å². The monoisotopic (exact) mass is 650 g/mol. The van der Waals surface area contributed by atoms with Gasteiger partial charge in [-0.1, -0.05) is 20.8 Å². The molecule has 6 fully saturated rings. The molecule has 14 nitrogen and oxygen atoms in total. The third kappa shape index (κ3) is 3.62. The van der Waals surface area contributed by atoms with E-state index in [4.69, 9.17) is 33.2 Å². The standard InChI is InChI=1S/C32H42O14/c1-12(2)30-22(45-30)23-32(46-23)29(5)7-6-13-14(11-40-24(13)38)15(29)8-17-31(32,44-17)26(30)42-18(34)9-28(3,4)27(39)43-25-21(37)20(36)19(35)16(10-33)41-25/h12,15-17,19-23,25-26,33,35-37H,6-11H2,1-5H3/t15-,16?,17-,19+,20?,21?,22-,23-,25+,26+,29-,30-,31+,32+/m0/s1. The first-order chi connectivity index (χ1) is 21.6. The Balaban J connectivity index is 1.04. The Hall–Kier alpha value is -2.17. The quantitative estimate of drug-likeness (QED) is 0.154. The van der Waals surface area contributed by atoms with Crippen LogP contribution >= 0.6 is 0 Å². The first kappa shape index (κ1) is 31.1. The summed E-state index contributed by atoms with van der Waals surface area (Å²) in [6.45, 7) is 8.77. The van der Waals surface area contributed by atoms with Gasteiger partial charge in [0.25, 0.3) is 0 Å². The van der Waals surface area contributed by atoms with Gasteiger partial charge in [-0.3, -0.25) is 9.59 Å². The predicted octanol–water partition coefficient (Wildman–Crippen LogP) is -0.587. The molecule has 8 rings (SSSR count). The third-order valence-corrected chi connectivity index (χ3v) is 12.5. The molecule has 5 heterocycles. The summed E-state index contributed by atoms with van der Waals surface area (Å²) in [5.41, 5.74) is -2.63. The van der Waals surface area contributed by atoms with E-state index in [0.717, 1.165) is 11.1 Å². The van der Waals surface area contributed by atoms with Crippen LogP contribution in [-0.2, 0) is 47.5 Å². The summed E-state index contributed by atoms with van der Waals surface area (Å²) in [5.74, 6) is -1.86. The average molecular weight is 651 g/mol. The summed E-state index contributed by atoms with van der Waals surface area (Å²) < 4.78 is 42.2. The van der Waals surface area contributed by atoms with Gasteiger partial charge in [-0.15, -0.1) is 0 Å². The van der Waals surface area contributed by atoms with E-state index in [-0.39, 0.29) is 42.7 Å². The van der Waals surface area contributed by atoms with Gasteiger partial charge in [0.05, 0.1) is 24.5 Å². The molecule has 14 atom stereocenters. The minimum atomic E-state index is -1.77. The largest absolute Gasteiger partial charge is 0.458 e. The summed E-state index contributed by atoms with van der Waals surface area (Å²) >= 11 is 0. The topological polar surface area (TPSA) is 207 Å². The number of aliphatic hydroxyl groups is 4.